The van der Waals surface area contributed by atoms with E-state index in [1.807, 2.05) is 49.1 Å². The first-order valence-corrected chi connectivity index (χ1v) is 6.26. The molecule has 3 nitrogen and oxygen atoms in total. The molecule has 0 radical (unpaired) electrons. The molecule has 0 saturated carbocycles. The van der Waals surface area contributed by atoms with Crippen LogP contribution in [0, 0.1) is 0 Å². The first-order valence-electron chi connectivity index (χ1n) is 6.26. The van der Waals surface area contributed by atoms with E-state index in [4.69, 9.17) is 4.74 Å². The summed E-state index contributed by atoms with van der Waals surface area (Å²) in [5, 5.41) is 0. The van der Waals surface area contributed by atoms with Crippen molar-refractivity contribution in [3.63, 3.8) is 0 Å². The van der Waals surface area contributed by atoms with E-state index in [1.165, 1.54) is 0 Å². The molecule has 1 fully saturated rings. The summed E-state index contributed by atoms with van der Waals surface area (Å²) in [4.78, 5) is 14.1. The van der Waals surface area contributed by atoms with E-state index < -0.39 is 0 Å². The monoisotopic (exact) mass is 245 g/mol. The molecular formula is C15H19NO2. The van der Waals surface area contributed by atoms with E-state index in [1.54, 1.807) is 6.08 Å². The van der Waals surface area contributed by atoms with Crippen LogP contribution in [-0.4, -0.2) is 30.6 Å². The van der Waals surface area contributed by atoms with Gasteiger partial charge in [0, 0.05) is 12.6 Å². The Kier molecular flexibility index (Phi) is 4.15. The Hall–Kier alpha value is -1.61. The van der Waals surface area contributed by atoms with Gasteiger partial charge in [0.05, 0.1) is 19.3 Å². The van der Waals surface area contributed by atoms with Crippen LogP contribution in [0.1, 0.15) is 25.5 Å². The molecule has 18 heavy (non-hydrogen) atoms. The van der Waals surface area contributed by atoms with Crippen molar-refractivity contribution >= 4 is 5.91 Å². The zero-order valence-electron chi connectivity index (χ0n) is 10.9. The van der Waals surface area contributed by atoms with Crippen molar-refractivity contribution in [3.8, 4) is 0 Å². The standard InChI is InChI=1S/C15H19NO2/c1-12(2)10-15(17)16-8-9-18-11-14(16)13-6-4-3-5-7-13/h3-7,10,14H,8-9,11H2,1-2H3. The molecule has 1 amide bonds. The summed E-state index contributed by atoms with van der Waals surface area (Å²) in [6.45, 7) is 5.73. The molecule has 2 rings (SSSR count). The van der Waals surface area contributed by atoms with E-state index >= 15 is 0 Å². The van der Waals surface area contributed by atoms with Crippen LogP contribution < -0.4 is 0 Å². The lowest BCUT2D eigenvalue weighted by Gasteiger charge is -2.35. The van der Waals surface area contributed by atoms with Crippen LogP contribution in [0.3, 0.4) is 0 Å². The summed E-state index contributed by atoms with van der Waals surface area (Å²) in [5.41, 5.74) is 2.16. The van der Waals surface area contributed by atoms with Crippen molar-refractivity contribution < 1.29 is 9.53 Å². The van der Waals surface area contributed by atoms with E-state index in [9.17, 15) is 4.79 Å². The molecule has 1 saturated heterocycles. The lowest BCUT2D eigenvalue weighted by molar-refractivity contribution is -0.134. The quantitative estimate of drug-likeness (QED) is 0.749. The van der Waals surface area contributed by atoms with E-state index in [0.717, 1.165) is 11.1 Å². The molecule has 0 aliphatic carbocycles. The SMILES string of the molecule is CC(C)=CC(=O)N1CCOCC1c1ccccc1. The van der Waals surface area contributed by atoms with Crippen LogP contribution in [0.25, 0.3) is 0 Å². The van der Waals surface area contributed by atoms with Gasteiger partial charge in [0.2, 0.25) is 5.91 Å². The number of hydrogen-bond donors (Lipinski definition) is 0. The molecule has 1 aliphatic rings. The minimum Gasteiger partial charge on any atom is -0.377 e. The lowest BCUT2D eigenvalue weighted by Crippen LogP contribution is -2.42. The van der Waals surface area contributed by atoms with Crippen molar-refractivity contribution in [1.29, 1.82) is 0 Å². The molecular weight excluding hydrogens is 226 g/mol. The Morgan fingerprint density at radius 2 is 2.06 bits per heavy atom. The summed E-state index contributed by atoms with van der Waals surface area (Å²) in [5.74, 6) is 0.0761. The number of nitrogens with zero attached hydrogens (tertiary/aromatic N) is 1. The van der Waals surface area contributed by atoms with Gasteiger partial charge in [0.15, 0.2) is 0 Å². The highest BCUT2D eigenvalue weighted by atomic mass is 16.5. The van der Waals surface area contributed by atoms with Crippen molar-refractivity contribution in [2.24, 2.45) is 0 Å². The summed E-state index contributed by atoms with van der Waals surface area (Å²) in [7, 11) is 0. The molecule has 1 heterocycles. The minimum atomic E-state index is 0.0306. The van der Waals surface area contributed by atoms with Crippen molar-refractivity contribution in [1.82, 2.24) is 4.90 Å². The zero-order valence-corrected chi connectivity index (χ0v) is 10.9. The van der Waals surface area contributed by atoms with Gasteiger partial charge in [-0.05, 0) is 19.4 Å². The minimum absolute atomic E-state index is 0.0306. The van der Waals surface area contributed by atoms with Crippen LogP contribution in [0.15, 0.2) is 42.0 Å². The van der Waals surface area contributed by atoms with E-state index in [2.05, 4.69) is 0 Å². The molecule has 1 aromatic carbocycles. The topological polar surface area (TPSA) is 29.5 Å². The highest BCUT2D eigenvalue weighted by molar-refractivity contribution is 5.88. The summed E-state index contributed by atoms with van der Waals surface area (Å²) in [6, 6.07) is 10.1. The number of carbonyl (C=O) groups excluding carboxylic acids is 1. The molecule has 96 valence electrons. The normalized spacial score (nSPS) is 19.4. The highest BCUT2D eigenvalue weighted by Crippen LogP contribution is 2.24. The van der Waals surface area contributed by atoms with Gasteiger partial charge in [-0.1, -0.05) is 35.9 Å². The van der Waals surface area contributed by atoms with Gasteiger partial charge in [-0.3, -0.25) is 4.79 Å². The second-order valence-electron chi connectivity index (χ2n) is 4.75. The number of hydrogen-bond acceptors (Lipinski definition) is 2. The fraction of sp³-hybridized carbons (Fsp3) is 0.400. The van der Waals surface area contributed by atoms with Crippen LogP contribution in [0.5, 0.6) is 0 Å². The molecule has 0 spiro atoms. The average Bonchev–Trinajstić information content (AvgIpc) is 2.39. The third kappa shape index (κ3) is 2.99. The third-order valence-electron chi connectivity index (χ3n) is 3.01. The lowest BCUT2D eigenvalue weighted by atomic mass is 10.0. The number of ether oxygens (including phenoxy) is 1. The van der Waals surface area contributed by atoms with Crippen LogP contribution in [0.4, 0.5) is 0 Å². The van der Waals surface area contributed by atoms with Crippen molar-refractivity contribution in [2.45, 2.75) is 19.9 Å². The highest BCUT2D eigenvalue weighted by Gasteiger charge is 2.27. The molecule has 1 atom stereocenters. The number of carbonyl (C=O) groups is 1. The van der Waals surface area contributed by atoms with E-state index in [0.29, 0.717) is 19.8 Å². The molecule has 1 unspecified atom stereocenters. The maximum Gasteiger partial charge on any atom is 0.247 e. The smallest absolute Gasteiger partial charge is 0.247 e. The molecule has 0 bridgehead atoms. The largest absolute Gasteiger partial charge is 0.377 e. The van der Waals surface area contributed by atoms with Gasteiger partial charge in [-0.2, -0.15) is 0 Å². The van der Waals surface area contributed by atoms with Crippen molar-refractivity contribution in [2.75, 3.05) is 19.8 Å². The van der Waals surface area contributed by atoms with Gasteiger partial charge < -0.3 is 9.64 Å². The number of allylic oxidation sites excluding steroid dienone is 1. The van der Waals surface area contributed by atoms with Gasteiger partial charge >= 0.3 is 0 Å². The zero-order chi connectivity index (χ0) is 13.0. The Balaban J connectivity index is 2.21. The Morgan fingerprint density at radius 1 is 1.33 bits per heavy atom. The van der Waals surface area contributed by atoms with Gasteiger partial charge in [-0.15, -0.1) is 0 Å². The predicted octanol–water partition coefficient (Wildman–Crippen LogP) is 2.55. The molecule has 3 heteroatoms. The fourth-order valence-corrected chi connectivity index (χ4v) is 2.15. The maximum atomic E-state index is 12.2. The Bertz CT molecular complexity index is 435. The van der Waals surface area contributed by atoms with Crippen LogP contribution in [-0.2, 0) is 9.53 Å². The first-order chi connectivity index (χ1) is 8.68. The second-order valence-corrected chi connectivity index (χ2v) is 4.75. The molecule has 0 aromatic heterocycles. The molecule has 1 aliphatic heterocycles. The van der Waals surface area contributed by atoms with E-state index in [-0.39, 0.29) is 11.9 Å². The second kappa shape index (κ2) is 5.83. The van der Waals surface area contributed by atoms with Gasteiger partial charge in [0.25, 0.3) is 0 Å². The average molecular weight is 245 g/mol. The Labute approximate surface area is 108 Å². The van der Waals surface area contributed by atoms with Gasteiger partial charge in [-0.25, -0.2) is 0 Å². The summed E-state index contributed by atoms with van der Waals surface area (Å²) in [6.07, 6.45) is 1.70. The number of rotatable bonds is 2. The molecule has 0 N–H and O–H groups in total. The number of amides is 1. The maximum absolute atomic E-state index is 12.2. The molecule has 1 aromatic rings. The summed E-state index contributed by atoms with van der Waals surface area (Å²) >= 11 is 0. The number of benzene rings is 1. The third-order valence-corrected chi connectivity index (χ3v) is 3.01. The first kappa shape index (κ1) is 12.8. The van der Waals surface area contributed by atoms with Crippen molar-refractivity contribution in [3.05, 3.63) is 47.5 Å². The summed E-state index contributed by atoms with van der Waals surface area (Å²) < 4.78 is 5.51. The number of morpholine rings is 1. The van der Waals surface area contributed by atoms with Gasteiger partial charge in [0.1, 0.15) is 0 Å². The van der Waals surface area contributed by atoms with Crippen LogP contribution in [0.2, 0.25) is 0 Å². The van der Waals surface area contributed by atoms with Crippen LogP contribution >= 0.6 is 0 Å². The fourth-order valence-electron chi connectivity index (χ4n) is 2.15. The Morgan fingerprint density at radius 3 is 2.72 bits per heavy atom. The predicted molar refractivity (Wildman–Crippen MR) is 71.1 cm³/mol.